The van der Waals surface area contributed by atoms with Gasteiger partial charge in [0, 0.05) is 18.6 Å². The van der Waals surface area contributed by atoms with Crippen LogP contribution in [0.1, 0.15) is 43.7 Å². The van der Waals surface area contributed by atoms with Crippen LogP contribution in [-0.2, 0) is 32.1 Å². The number of benzene rings is 2. The molecule has 31 heavy (non-hydrogen) atoms. The number of halogens is 3. The fourth-order valence-electron chi connectivity index (χ4n) is 3.98. The van der Waals surface area contributed by atoms with Crippen molar-refractivity contribution in [3.8, 4) is 0 Å². The van der Waals surface area contributed by atoms with Gasteiger partial charge in [0.05, 0.1) is 10.5 Å². The van der Waals surface area contributed by atoms with Crippen LogP contribution in [0.25, 0.3) is 11.1 Å². The van der Waals surface area contributed by atoms with Crippen LogP contribution in [0.5, 0.6) is 0 Å². The lowest BCUT2D eigenvalue weighted by molar-refractivity contribution is -0.137. The summed E-state index contributed by atoms with van der Waals surface area (Å²) in [6.07, 6.45) is -3.30. The Bertz CT molecular complexity index is 1220. The van der Waals surface area contributed by atoms with Crippen molar-refractivity contribution in [2.75, 3.05) is 6.61 Å². The Morgan fingerprint density at radius 2 is 1.97 bits per heavy atom. The lowest BCUT2D eigenvalue weighted by atomic mass is 9.92. The molecule has 0 aliphatic carbocycles. The van der Waals surface area contributed by atoms with Crippen molar-refractivity contribution in [1.29, 1.82) is 0 Å². The van der Waals surface area contributed by atoms with E-state index in [0.29, 0.717) is 41.5 Å². The van der Waals surface area contributed by atoms with E-state index < -0.39 is 31.4 Å². The molecule has 9 heteroatoms. The lowest BCUT2D eigenvalue weighted by Gasteiger charge is -2.39. The smallest absolute Gasteiger partial charge is 0.416 e. The fourth-order valence-corrected chi connectivity index (χ4v) is 6.08. The summed E-state index contributed by atoms with van der Waals surface area (Å²) in [6, 6.07) is 8.62. The van der Waals surface area contributed by atoms with Crippen LogP contribution in [0, 0.1) is 5.92 Å². The summed E-state index contributed by atoms with van der Waals surface area (Å²) in [5.74, 6) is 0.508. The summed E-state index contributed by atoms with van der Waals surface area (Å²) in [5.41, 5.74) is 0.304. The van der Waals surface area contributed by atoms with Gasteiger partial charge in [-0.25, -0.2) is 13.4 Å². The number of rotatable bonds is 4. The molecule has 1 saturated heterocycles. The molecule has 2 atom stereocenters. The quantitative estimate of drug-likeness (QED) is 0.523. The van der Waals surface area contributed by atoms with E-state index in [0.717, 1.165) is 12.1 Å². The molecule has 2 aromatic carbocycles. The highest BCUT2D eigenvalue weighted by Gasteiger charge is 2.51. The molecule has 1 aromatic heterocycles. The summed E-state index contributed by atoms with van der Waals surface area (Å²) in [5, 5.41) is 0. The fraction of sp³-hybridized carbons (Fsp3) is 0.409. The molecule has 2 unspecified atom stereocenters. The van der Waals surface area contributed by atoms with Crippen LogP contribution in [0.2, 0.25) is 0 Å². The molecule has 0 saturated carbocycles. The van der Waals surface area contributed by atoms with E-state index in [1.165, 1.54) is 6.07 Å². The van der Waals surface area contributed by atoms with Crippen LogP contribution in [0.3, 0.4) is 0 Å². The van der Waals surface area contributed by atoms with Gasteiger partial charge in [-0.2, -0.15) is 13.2 Å². The number of aromatic nitrogens is 1. The molecule has 1 aliphatic heterocycles. The van der Waals surface area contributed by atoms with Crippen LogP contribution in [0.15, 0.2) is 51.8 Å². The summed E-state index contributed by atoms with van der Waals surface area (Å²) < 4.78 is 78.9. The first kappa shape index (κ1) is 21.8. The second kappa shape index (κ2) is 7.63. The zero-order valence-corrected chi connectivity index (χ0v) is 17.9. The molecule has 0 amide bonds. The molecule has 0 N–H and O–H groups in total. The Labute approximate surface area is 178 Å². The Morgan fingerprint density at radius 1 is 1.19 bits per heavy atom. The van der Waals surface area contributed by atoms with Crippen molar-refractivity contribution in [3.63, 3.8) is 0 Å². The molecule has 1 fully saturated rings. The zero-order valence-electron chi connectivity index (χ0n) is 17.1. The number of oxazole rings is 1. The Balaban J connectivity index is 1.91. The minimum atomic E-state index is -4.66. The number of ether oxygens (including phenoxy) is 1. The molecular weight excluding hydrogens is 431 g/mol. The van der Waals surface area contributed by atoms with Gasteiger partial charge in [-0.15, -0.1) is 0 Å². The van der Waals surface area contributed by atoms with Crippen molar-refractivity contribution in [1.82, 2.24) is 4.98 Å². The van der Waals surface area contributed by atoms with E-state index in [2.05, 4.69) is 4.98 Å². The largest absolute Gasteiger partial charge is 0.441 e. The second-order valence-electron chi connectivity index (χ2n) is 7.87. The lowest BCUT2D eigenvalue weighted by Crippen LogP contribution is -2.44. The minimum Gasteiger partial charge on any atom is -0.441 e. The Hall–Kier alpha value is -2.39. The second-order valence-corrected chi connectivity index (χ2v) is 10.0. The monoisotopic (exact) mass is 453 g/mol. The molecule has 5 nitrogen and oxygen atoms in total. The molecule has 0 bridgehead atoms. The van der Waals surface area contributed by atoms with Gasteiger partial charge in [0.1, 0.15) is 5.52 Å². The van der Waals surface area contributed by atoms with Crippen LogP contribution in [-0.4, -0.2) is 20.0 Å². The highest BCUT2D eigenvalue weighted by atomic mass is 32.2. The molecule has 1 aliphatic rings. The van der Waals surface area contributed by atoms with E-state index in [-0.39, 0.29) is 18.9 Å². The first-order chi connectivity index (χ1) is 14.6. The molecular formula is C22H22F3NO4S. The normalized spacial score (nSPS) is 22.7. The summed E-state index contributed by atoms with van der Waals surface area (Å²) in [4.78, 5) is 2.14. The third kappa shape index (κ3) is 3.74. The molecule has 0 radical (unpaired) electrons. The van der Waals surface area contributed by atoms with Gasteiger partial charge < -0.3 is 9.15 Å². The number of hydrogen-bond donors (Lipinski definition) is 0. The maximum absolute atomic E-state index is 13.8. The van der Waals surface area contributed by atoms with Crippen molar-refractivity contribution >= 4 is 20.9 Å². The van der Waals surface area contributed by atoms with E-state index in [9.17, 15) is 21.6 Å². The van der Waals surface area contributed by atoms with Gasteiger partial charge in [0.25, 0.3) is 0 Å². The number of aryl methyl sites for hydroxylation is 1. The summed E-state index contributed by atoms with van der Waals surface area (Å²) >= 11 is 0. The SMILES string of the molecule is CCc1nc2cc(C3(S(=O)(=O)c4cccc(C(F)(F)F)c4)CC(C)CCO3)ccc2o1. The third-order valence-corrected chi connectivity index (χ3v) is 7.91. The van der Waals surface area contributed by atoms with Crippen molar-refractivity contribution < 1.29 is 30.7 Å². The van der Waals surface area contributed by atoms with E-state index in [1.54, 1.807) is 18.2 Å². The minimum absolute atomic E-state index is 0.00599. The highest BCUT2D eigenvalue weighted by Crippen LogP contribution is 2.46. The maximum Gasteiger partial charge on any atom is 0.416 e. The standard InChI is InChI=1S/C22H22F3NO4S/c1-3-20-26-18-12-15(7-8-19(18)30-20)21(13-14(2)9-10-29-21)31(27,28)17-6-4-5-16(11-17)22(23,24)25/h4-8,11-12,14H,3,9-10,13H2,1-2H3. The predicted octanol–water partition coefficient (Wildman–Crippen LogP) is 5.48. The number of nitrogens with zero attached hydrogens (tertiary/aromatic N) is 1. The summed E-state index contributed by atoms with van der Waals surface area (Å²) in [6.45, 7) is 3.97. The molecule has 0 spiro atoms. The first-order valence-corrected chi connectivity index (χ1v) is 11.5. The van der Waals surface area contributed by atoms with Gasteiger partial charge in [0.15, 0.2) is 16.4 Å². The Morgan fingerprint density at radius 3 is 2.65 bits per heavy atom. The molecule has 2 heterocycles. The zero-order chi connectivity index (χ0) is 22.4. The van der Waals surface area contributed by atoms with Gasteiger partial charge in [-0.3, -0.25) is 0 Å². The van der Waals surface area contributed by atoms with Crippen LogP contribution < -0.4 is 0 Å². The number of alkyl halides is 3. The topological polar surface area (TPSA) is 69.4 Å². The van der Waals surface area contributed by atoms with Crippen LogP contribution >= 0.6 is 0 Å². The molecule has 4 rings (SSSR count). The third-order valence-electron chi connectivity index (χ3n) is 5.64. The maximum atomic E-state index is 13.8. The van der Waals surface area contributed by atoms with E-state index in [1.807, 2.05) is 13.8 Å². The van der Waals surface area contributed by atoms with Gasteiger partial charge in [-0.1, -0.05) is 26.0 Å². The first-order valence-electron chi connectivity index (χ1n) is 10.0. The molecule has 166 valence electrons. The van der Waals surface area contributed by atoms with Crippen molar-refractivity contribution in [2.45, 2.75) is 49.1 Å². The van der Waals surface area contributed by atoms with E-state index >= 15 is 0 Å². The molecule has 3 aromatic rings. The van der Waals surface area contributed by atoms with Gasteiger partial charge in [0.2, 0.25) is 9.84 Å². The van der Waals surface area contributed by atoms with Crippen molar-refractivity contribution in [2.24, 2.45) is 5.92 Å². The van der Waals surface area contributed by atoms with Gasteiger partial charge >= 0.3 is 6.18 Å². The van der Waals surface area contributed by atoms with Crippen molar-refractivity contribution in [3.05, 3.63) is 59.5 Å². The number of sulfone groups is 1. The average molecular weight is 453 g/mol. The summed E-state index contributed by atoms with van der Waals surface area (Å²) in [7, 11) is -4.34. The van der Waals surface area contributed by atoms with E-state index in [4.69, 9.17) is 9.15 Å². The number of hydrogen-bond acceptors (Lipinski definition) is 5. The Kier molecular flexibility index (Phi) is 5.37. The average Bonchev–Trinajstić information content (AvgIpc) is 3.15. The van der Waals surface area contributed by atoms with Crippen LogP contribution in [0.4, 0.5) is 13.2 Å². The number of fused-ring (bicyclic) bond motifs is 1. The van der Waals surface area contributed by atoms with Gasteiger partial charge in [-0.05, 0) is 49.1 Å². The predicted molar refractivity (Wildman–Crippen MR) is 108 cm³/mol. The highest BCUT2D eigenvalue weighted by molar-refractivity contribution is 7.92.